The van der Waals surface area contributed by atoms with Crippen molar-refractivity contribution in [1.29, 1.82) is 0 Å². The van der Waals surface area contributed by atoms with Gasteiger partial charge in [-0.1, -0.05) is 224 Å². The average molecular weight is 1180 g/mol. The molecule has 19 rings (SSSR count). The Hall–Kier alpha value is -12.3. The molecule has 3 aromatic heterocycles. The summed E-state index contributed by atoms with van der Waals surface area (Å²) in [7, 11) is 0. The summed E-state index contributed by atoms with van der Waals surface area (Å²) in [4.78, 5) is 0. The third-order valence-electron chi connectivity index (χ3n) is 19.6. The van der Waals surface area contributed by atoms with E-state index < -0.39 is 0 Å². The maximum absolute atomic E-state index is 2.46. The standard InChI is InChI=1S/C90H57N3/c1-5-20-58(21-6-1)67-49-68(59-22-7-2-8-23-59)51-69(50-67)61-25-19-24-60(48-61)62-37-43-76-80(52-62)74-31-14-13-30-73(74)75-42-36-63(53-81(75)76)66-38-44-79-84-57-72(41-47-89(84)92(90(79)56-66)71-28-11-4-12-29-71)93-86-35-18-16-33-78(86)83-55-65(40-46-88(83)93)64-39-45-87-82(54-64)77-32-15-17-34-85(77)91(87)70-26-9-3-10-27-70/h1-57H. The minimum Gasteiger partial charge on any atom is -0.309 e. The SMILES string of the molecule is c1ccc(-c2cc(-c3ccccc3)cc(-c3cccc(-c4ccc5c(c4)c4ccccc4c4ccc(-c6ccc7c8cc(-n9c%10ccccc%10c%10cc(-c%11ccc%12c(c%11)c%11ccccc%11n%12-c%11ccccc%11)ccc%109)ccc8n(-c8ccccc8)c7c6)cc45)c3)c2)cc1. The molecule has 0 aliphatic heterocycles. The Morgan fingerprint density at radius 2 is 0.409 bits per heavy atom. The van der Waals surface area contributed by atoms with Crippen molar-refractivity contribution >= 4 is 97.7 Å². The highest BCUT2D eigenvalue weighted by atomic mass is 15.0. The fraction of sp³-hybridized carbons (Fsp3) is 0. The van der Waals surface area contributed by atoms with Gasteiger partial charge in [-0.25, -0.2) is 0 Å². The predicted octanol–water partition coefficient (Wildman–Crippen LogP) is 24.4. The van der Waals surface area contributed by atoms with Crippen LogP contribution in [0.2, 0.25) is 0 Å². The van der Waals surface area contributed by atoms with Crippen LogP contribution < -0.4 is 0 Å². The zero-order valence-electron chi connectivity index (χ0n) is 50.8. The maximum atomic E-state index is 2.46. The number of hydrogen-bond acceptors (Lipinski definition) is 0. The summed E-state index contributed by atoms with van der Waals surface area (Å²) in [5.74, 6) is 0. The van der Waals surface area contributed by atoms with Crippen LogP contribution in [0.25, 0.3) is 182 Å². The van der Waals surface area contributed by atoms with E-state index in [0.29, 0.717) is 0 Å². The molecule has 0 fully saturated rings. The van der Waals surface area contributed by atoms with E-state index in [4.69, 9.17) is 0 Å². The Morgan fingerprint density at radius 3 is 0.935 bits per heavy atom. The van der Waals surface area contributed by atoms with Crippen molar-refractivity contribution in [2.24, 2.45) is 0 Å². The fourth-order valence-corrected chi connectivity index (χ4v) is 15.2. The Labute approximate surface area is 537 Å². The van der Waals surface area contributed by atoms with Gasteiger partial charge in [-0.3, -0.25) is 0 Å². The predicted molar refractivity (Wildman–Crippen MR) is 395 cm³/mol. The van der Waals surface area contributed by atoms with Crippen molar-refractivity contribution in [1.82, 2.24) is 13.7 Å². The van der Waals surface area contributed by atoms with Crippen LogP contribution in [0.5, 0.6) is 0 Å². The van der Waals surface area contributed by atoms with Crippen LogP contribution in [-0.4, -0.2) is 13.7 Å². The summed E-state index contributed by atoms with van der Waals surface area (Å²) in [5, 5.41) is 14.9. The van der Waals surface area contributed by atoms with Gasteiger partial charge in [0.2, 0.25) is 0 Å². The first-order valence-electron chi connectivity index (χ1n) is 32.1. The van der Waals surface area contributed by atoms with E-state index in [-0.39, 0.29) is 0 Å². The normalized spacial score (nSPS) is 11.9. The Kier molecular flexibility index (Phi) is 12.0. The largest absolute Gasteiger partial charge is 0.309 e. The first kappa shape index (κ1) is 52.6. The lowest BCUT2D eigenvalue weighted by molar-refractivity contribution is 1.17. The summed E-state index contributed by atoms with van der Waals surface area (Å²) in [6.07, 6.45) is 0. The summed E-state index contributed by atoms with van der Waals surface area (Å²) in [6, 6.07) is 128. The highest BCUT2D eigenvalue weighted by Crippen LogP contribution is 2.44. The van der Waals surface area contributed by atoms with Crippen molar-refractivity contribution < 1.29 is 0 Å². The van der Waals surface area contributed by atoms with Crippen LogP contribution in [0.3, 0.4) is 0 Å². The maximum Gasteiger partial charge on any atom is 0.0547 e. The summed E-state index contributed by atoms with van der Waals surface area (Å²) < 4.78 is 7.30. The van der Waals surface area contributed by atoms with Gasteiger partial charge in [-0.15, -0.1) is 0 Å². The van der Waals surface area contributed by atoms with Crippen molar-refractivity contribution in [3.63, 3.8) is 0 Å². The molecule has 0 aliphatic rings. The second-order valence-corrected chi connectivity index (χ2v) is 24.8. The third-order valence-corrected chi connectivity index (χ3v) is 19.6. The summed E-state index contributed by atoms with van der Waals surface area (Å²) in [5.41, 5.74) is 24.8. The Balaban J connectivity index is 0.713. The molecule has 0 aliphatic carbocycles. The number of benzene rings is 16. The number of aromatic nitrogens is 3. The molecule has 0 radical (unpaired) electrons. The molecular formula is C90H57N3. The van der Waals surface area contributed by atoms with E-state index in [2.05, 4.69) is 359 Å². The van der Waals surface area contributed by atoms with E-state index in [1.165, 1.54) is 164 Å². The molecule has 0 bridgehead atoms. The molecule has 0 saturated heterocycles. The molecular weight excluding hydrogens is 1120 g/mol. The number of rotatable bonds is 9. The second kappa shape index (κ2) is 21.2. The first-order chi connectivity index (χ1) is 46.1. The summed E-state index contributed by atoms with van der Waals surface area (Å²) in [6.45, 7) is 0. The molecule has 16 aromatic carbocycles. The number of fused-ring (bicyclic) bond motifs is 15. The van der Waals surface area contributed by atoms with Gasteiger partial charge in [0.1, 0.15) is 0 Å². The molecule has 0 spiro atoms. The number of para-hydroxylation sites is 4. The van der Waals surface area contributed by atoms with Crippen LogP contribution in [0.15, 0.2) is 346 Å². The number of nitrogens with zero attached hydrogens (tertiary/aromatic N) is 3. The molecule has 3 nitrogen and oxygen atoms in total. The van der Waals surface area contributed by atoms with Crippen LogP contribution in [0.4, 0.5) is 0 Å². The smallest absolute Gasteiger partial charge is 0.0547 e. The molecule has 0 N–H and O–H groups in total. The van der Waals surface area contributed by atoms with Crippen molar-refractivity contribution in [2.45, 2.75) is 0 Å². The molecule has 0 saturated carbocycles. The minimum atomic E-state index is 1.13. The number of hydrogen-bond donors (Lipinski definition) is 0. The first-order valence-corrected chi connectivity index (χ1v) is 32.1. The van der Waals surface area contributed by atoms with Gasteiger partial charge >= 0.3 is 0 Å². The molecule has 3 heteroatoms. The zero-order valence-corrected chi connectivity index (χ0v) is 50.8. The van der Waals surface area contributed by atoms with Gasteiger partial charge in [0.05, 0.1) is 33.1 Å². The Morgan fingerprint density at radius 1 is 0.118 bits per heavy atom. The van der Waals surface area contributed by atoms with Crippen molar-refractivity contribution in [3.8, 4) is 83.8 Å². The lowest BCUT2D eigenvalue weighted by Crippen LogP contribution is -1.95. The highest BCUT2D eigenvalue weighted by Gasteiger charge is 2.21. The third kappa shape index (κ3) is 8.59. The lowest BCUT2D eigenvalue weighted by Gasteiger charge is -2.15. The van der Waals surface area contributed by atoms with Gasteiger partial charge in [0, 0.05) is 49.4 Å². The second-order valence-electron chi connectivity index (χ2n) is 24.8. The van der Waals surface area contributed by atoms with Gasteiger partial charge in [-0.2, -0.15) is 0 Å². The quantitative estimate of drug-likeness (QED) is 0.128. The molecule has 93 heavy (non-hydrogen) atoms. The van der Waals surface area contributed by atoms with Gasteiger partial charge in [-0.05, 0) is 220 Å². The van der Waals surface area contributed by atoms with E-state index in [0.717, 1.165) is 17.1 Å². The van der Waals surface area contributed by atoms with Crippen LogP contribution in [0, 0.1) is 0 Å². The van der Waals surface area contributed by atoms with E-state index >= 15 is 0 Å². The highest BCUT2D eigenvalue weighted by molar-refractivity contribution is 6.26. The molecule has 19 aromatic rings. The Bertz CT molecular complexity index is 6150. The van der Waals surface area contributed by atoms with E-state index in [1.54, 1.807) is 0 Å². The molecule has 0 unspecified atom stereocenters. The van der Waals surface area contributed by atoms with E-state index in [9.17, 15) is 0 Å². The molecule has 432 valence electrons. The van der Waals surface area contributed by atoms with Crippen LogP contribution in [-0.2, 0) is 0 Å². The monoisotopic (exact) mass is 1180 g/mol. The fourth-order valence-electron chi connectivity index (χ4n) is 15.2. The van der Waals surface area contributed by atoms with Crippen LogP contribution >= 0.6 is 0 Å². The van der Waals surface area contributed by atoms with Gasteiger partial charge < -0.3 is 13.7 Å². The molecule has 0 atom stereocenters. The molecule has 0 amide bonds. The van der Waals surface area contributed by atoms with Crippen molar-refractivity contribution in [3.05, 3.63) is 346 Å². The van der Waals surface area contributed by atoms with Crippen LogP contribution in [0.1, 0.15) is 0 Å². The topological polar surface area (TPSA) is 14.8 Å². The molecule has 3 heterocycles. The van der Waals surface area contributed by atoms with Gasteiger partial charge in [0.15, 0.2) is 0 Å². The lowest BCUT2D eigenvalue weighted by atomic mass is 9.89. The van der Waals surface area contributed by atoms with E-state index in [1.807, 2.05) is 0 Å². The average Bonchev–Trinajstić information content (AvgIpc) is 1.72. The van der Waals surface area contributed by atoms with Crippen molar-refractivity contribution in [2.75, 3.05) is 0 Å². The van der Waals surface area contributed by atoms with Gasteiger partial charge in [0.25, 0.3) is 0 Å². The minimum absolute atomic E-state index is 1.13. The zero-order chi connectivity index (χ0) is 61.1. The summed E-state index contributed by atoms with van der Waals surface area (Å²) >= 11 is 0.